The summed E-state index contributed by atoms with van der Waals surface area (Å²) in [5.41, 5.74) is -0.806. The first-order valence-electron chi connectivity index (χ1n) is 6.54. The van der Waals surface area contributed by atoms with Crippen molar-refractivity contribution in [3.8, 4) is 0 Å². The summed E-state index contributed by atoms with van der Waals surface area (Å²) in [6.07, 6.45) is -2.45. The van der Waals surface area contributed by atoms with Crippen molar-refractivity contribution in [1.82, 2.24) is 0 Å². The van der Waals surface area contributed by atoms with Crippen LogP contribution in [0.4, 0.5) is 13.2 Å². The fourth-order valence-corrected chi connectivity index (χ4v) is 2.63. The minimum atomic E-state index is -4.49. The van der Waals surface area contributed by atoms with E-state index in [2.05, 4.69) is 4.74 Å². The van der Waals surface area contributed by atoms with Gasteiger partial charge in [0.2, 0.25) is 0 Å². The number of carboxylic acids is 1. The van der Waals surface area contributed by atoms with Crippen molar-refractivity contribution < 1.29 is 32.6 Å². The maximum atomic E-state index is 13.9. The predicted molar refractivity (Wildman–Crippen MR) is 83.7 cm³/mol. The molecule has 0 aliphatic rings. The number of halogens is 4. The first-order chi connectivity index (χ1) is 11.2. The molecule has 1 unspecified atom stereocenters. The zero-order valence-electron chi connectivity index (χ0n) is 11.8. The van der Waals surface area contributed by atoms with Crippen LogP contribution in [0.3, 0.4) is 0 Å². The van der Waals surface area contributed by atoms with E-state index < -0.39 is 35.3 Å². The van der Waals surface area contributed by atoms with Crippen molar-refractivity contribution >= 4 is 34.5 Å². The number of carbonyl (C=O) groups excluding carboxylic acids is 2. The molecule has 0 saturated heterocycles. The van der Waals surface area contributed by atoms with Crippen molar-refractivity contribution in [1.29, 1.82) is 0 Å². The third-order valence-electron chi connectivity index (χ3n) is 3.10. The van der Waals surface area contributed by atoms with E-state index >= 15 is 0 Å². The smallest absolute Gasteiger partial charge is 0.343 e. The fourth-order valence-electron chi connectivity index (χ4n) is 1.95. The normalized spacial score (nSPS) is 12.5. The highest BCUT2D eigenvalue weighted by molar-refractivity contribution is 14.1. The molecule has 0 aliphatic heterocycles. The molecule has 4 nitrogen and oxygen atoms in total. The molecule has 0 bridgehead atoms. The monoisotopic (exact) mass is 449 g/mol. The quantitative estimate of drug-likeness (QED) is 0.521. The molecule has 0 aliphatic carbocycles. The molecule has 2 aromatic carbocycles. The number of esters is 1. The summed E-state index contributed by atoms with van der Waals surface area (Å²) in [7, 11) is 0. The van der Waals surface area contributed by atoms with E-state index in [4.69, 9.17) is 0 Å². The number of hydrogen-bond donors (Lipinski definition) is 0. The van der Waals surface area contributed by atoms with Crippen LogP contribution in [0.25, 0.3) is 0 Å². The topological polar surface area (TPSA) is 66.4 Å². The first-order valence-corrected chi connectivity index (χ1v) is 7.62. The molecule has 1 atom stereocenters. The maximum absolute atomic E-state index is 13.9. The second kappa shape index (κ2) is 7.20. The SMILES string of the molecule is O=C(OC(c1ccccc1)C(F)(F)C(=O)[O-])c1c(F)cccc1I. The van der Waals surface area contributed by atoms with Crippen LogP contribution < -0.4 is 5.11 Å². The van der Waals surface area contributed by atoms with Crippen LogP contribution in [-0.2, 0) is 9.53 Å². The van der Waals surface area contributed by atoms with Crippen molar-refractivity contribution in [2.75, 3.05) is 0 Å². The fraction of sp³-hybridized carbons (Fsp3) is 0.125. The van der Waals surface area contributed by atoms with Gasteiger partial charge in [-0.2, -0.15) is 8.78 Å². The average Bonchev–Trinajstić information content (AvgIpc) is 2.53. The summed E-state index contributed by atoms with van der Waals surface area (Å²) >= 11 is 1.64. The van der Waals surface area contributed by atoms with Gasteiger partial charge < -0.3 is 14.6 Å². The van der Waals surface area contributed by atoms with Crippen molar-refractivity contribution in [3.63, 3.8) is 0 Å². The number of hydrogen-bond acceptors (Lipinski definition) is 4. The summed E-state index contributed by atoms with van der Waals surface area (Å²) in [6.45, 7) is 0. The van der Waals surface area contributed by atoms with Gasteiger partial charge >= 0.3 is 11.9 Å². The summed E-state index contributed by atoms with van der Waals surface area (Å²) in [5, 5.41) is 10.8. The molecule has 0 N–H and O–H groups in total. The predicted octanol–water partition coefficient (Wildman–Crippen LogP) is 2.71. The Labute approximate surface area is 148 Å². The van der Waals surface area contributed by atoms with Gasteiger partial charge in [-0.15, -0.1) is 0 Å². The third kappa shape index (κ3) is 3.69. The second-order valence-corrected chi connectivity index (χ2v) is 5.87. The van der Waals surface area contributed by atoms with Crippen LogP contribution in [-0.4, -0.2) is 17.9 Å². The van der Waals surface area contributed by atoms with E-state index in [1.165, 1.54) is 42.5 Å². The molecule has 0 spiro atoms. The van der Waals surface area contributed by atoms with Crippen LogP contribution >= 0.6 is 22.6 Å². The molecule has 0 aromatic heterocycles. The Balaban J connectivity index is 2.43. The van der Waals surface area contributed by atoms with Gasteiger partial charge in [0.1, 0.15) is 17.3 Å². The molecule has 126 valence electrons. The molecule has 2 aromatic rings. The molecule has 0 radical (unpaired) electrons. The minimum Gasteiger partial charge on any atom is -0.544 e. The number of alkyl halides is 2. The third-order valence-corrected chi connectivity index (χ3v) is 3.99. The highest BCUT2D eigenvalue weighted by Crippen LogP contribution is 2.35. The van der Waals surface area contributed by atoms with E-state index in [0.29, 0.717) is 0 Å². The Morgan fingerprint density at radius 3 is 2.25 bits per heavy atom. The Kier molecular flexibility index (Phi) is 5.47. The number of benzene rings is 2. The number of carboxylic acid groups (broad SMARTS) is 1. The highest BCUT2D eigenvalue weighted by atomic mass is 127. The van der Waals surface area contributed by atoms with E-state index in [1.54, 1.807) is 22.6 Å². The zero-order valence-corrected chi connectivity index (χ0v) is 14.0. The summed E-state index contributed by atoms with van der Waals surface area (Å²) < 4.78 is 46.5. The standard InChI is InChI=1S/C16H10F3IO4/c17-10-7-4-8-11(20)12(10)14(21)24-13(16(18,19)15(22)23)9-5-2-1-3-6-9/h1-8,13H,(H,22,23)/p-1. The number of aliphatic carboxylic acids is 1. The van der Waals surface area contributed by atoms with Gasteiger partial charge in [0, 0.05) is 3.57 Å². The molecule has 0 amide bonds. The van der Waals surface area contributed by atoms with Gasteiger partial charge in [-0.25, -0.2) is 9.18 Å². The molecule has 8 heteroatoms. The summed E-state index contributed by atoms with van der Waals surface area (Å²) in [4.78, 5) is 22.9. The van der Waals surface area contributed by atoms with Crippen LogP contribution in [0, 0.1) is 9.39 Å². The van der Waals surface area contributed by atoms with E-state index in [0.717, 1.165) is 6.07 Å². The van der Waals surface area contributed by atoms with Gasteiger partial charge in [0.05, 0.1) is 0 Å². The maximum Gasteiger partial charge on any atom is 0.343 e. The first kappa shape index (κ1) is 18.2. The Bertz CT molecular complexity index is 745. The van der Waals surface area contributed by atoms with Gasteiger partial charge in [-0.05, 0) is 40.3 Å². The van der Waals surface area contributed by atoms with Crippen LogP contribution in [0.15, 0.2) is 48.5 Å². The lowest BCUT2D eigenvalue weighted by atomic mass is 10.0. The molecule has 24 heavy (non-hydrogen) atoms. The zero-order chi connectivity index (χ0) is 17.9. The largest absolute Gasteiger partial charge is 0.544 e. The summed E-state index contributed by atoms with van der Waals surface area (Å²) in [5.74, 6) is -9.55. The number of carbonyl (C=O) groups is 2. The van der Waals surface area contributed by atoms with Crippen molar-refractivity contribution in [2.45, 2.75) is 12.0 Å². The van der Waals surface area contributed by atoms with Crippen LogP contribution in [0.2, 0.25) is 0 Å². The van der Waals surface area contributed by atoms with Gasteiger partial charge in [-0.1, -0.05) is 36.4 Å². The lowest BCUT2D eigenvalue weighted by Gasteiger charge is -2.27. The molecule has 0 heterocycles. The van der Waals surface area contributed by atoms with E-state index in [-0.39, 0.29) is 9.13 Å². The Hall–Kier alpha value is -2.10. The highest BCUT2D eigenvalue weighted by Gasteiger charge is 2.45. The van der Waals surface area contributed by atoms with Gasteiger partial charge in [-0.3, -0.25) is 0 Å². The summed E-state index contributed by atoms with van der Waals surface area (Å²) in [6, 6.07) is 10.3. The van der Waals surface area contributed by atoms with Gasteiger partial charge in [0.15, 0.2) is 6.10 Å². The molecule has 0 fully saturated rings. The van der Waals surface area contributed by atoms with Crippen LogP contribution in [0.1, 0.15) is 22.0 Å². The number of rotatable bonds is 5. The average molecular weight is 449 g/mol. The molecule has 0 saturated carbocycles. The van der Waals surface area contributed by atoms with Crippen molar-refractivity contribution in [3.05, 3.63) is 69.0 Å². The lowest BCUT2D eigenvalue weighted by molar-refractivity contribution is -0.336. The number of ether oxygens (including phenoxy) is 1. The molecular weight excluding hydrogens is 440 g/mol. The van der Waals surface area contributed by atoms with Crippen molar-refractivity contribution in [2.24, 2.45) is 0 Å². The molecule has 2 rings (SSSR count). The van der Waals surface area contributed by atoms with E-state index in [9.17, 15) is 27.9 Å². The lowest BCUT2D eigenvalue weighted by Crippen LogP contribution is -2.47. The van der Waals surface area contributed by atoms with Crippen LogP contribution in [0.5, 0.6) is 0 Å². The van der Waals surface area contributed by atoms with Gasteiger partial charge in [0.25, 0.3) is 0 Å². The minimum absolute atomic E-state index is 0.140. The van der Waals surface area contributed by atoms with E-state index in [1.807, 2.05) is 0 Å². The molecular formula is C16H9F3IO4-. The Morgan fingerprint density at radius 2 is 1.71 bits per heavy atom. The second-order valence-electron chi connectivity index (χ2n) is 4.70. The Morgan fingerprint density at radius 1 is 1.08 bits per heavy atom.